The molecule has 14 aromatic rings. The van der Waals surface area contributed by atoms with Crippen molar-refractivity contribution < 1.29 is 4.42 Å². The summed E-state index contributed by atoms with van der Waals surface area (Å²) in [6.07, 6.45) is 0. The van der Waals surface area contributed by atoms with Gasteiger partial charge in [-0.25, -0.2) is 0 Å². The van der Waals surface area contributed by atoms with Gasteiger partial charge in [0, 0.05) is 55.1 Å². The minimum Gasteiger partial charge on any atom is -0.455 e. The first kappa shape index (κ1) is 40.6. The molecule has 71 heavy (non-hydrogen) atoms. The quantitative estimate of drug-likeness (QED) is 0.151. The van der Waals surface area contributed by atoms with Gasteiger partial charge in [-0.15, -0.1) is 0 Å². The summed E-state index contributed by atoms with van der Waals surface area (Å²) in [5.74, 6) is 0. The van der Waals surface area contributed by atoms with Gasteiger partial charge in [-0.2, -0.15) is 0 Å². The molecule has 0 saturated carbocycles. The number of aromatic nitrogens is 1. The molecule has 0 saturated heterocycles. The van der Waals surface area contributed by atoms with Crippen molar-refractivity contribution in [1.29, 1.82) is 0 Å². The number of nitrogens with zero attached hydrogens (tertiary/aromatic N) is 2. The van der Waals surface area contributed by atoms with Crippen molar-refractivity contribution in [2.24, 2.45) is 0 Å². The number of anilines is 3. The zero-order valence-corrected chi connectivity index (χ0v) is 38.7. The van der Waals surface area contributed by atoms with Crippen LogP contribution in [-0.2, 0) is 0 Å². The molecule has 14 rings (SSSR count). The maximum absolute atomic E-state index is 6.95. The number of benzene rings is 12. The zero-order chi connectivity index (χ0) is 46.8. The van der Waals surface area contributed by atoms with E-state index in [0.29, 0.717) is 0 Å². The van der Waals surface area contributed by atoms with Crippen molar-refractivity contribution in [2.75, 3.05) is 4.90 Å². The van der Waals surface area contributed by atoms with E-state index in [0.717, 1.165) is 77.9 Å². The van der Waals surface area contributed by atoms with E-state index in [4.69, 9.17) is 4.42 Å². The lowest BCUT2D eigenvalue weighted by atomic mass is 9.97. The van der Waals surface area contributed by atoms with Gasteiger partial charge in [0.15, 0.2) is 0 Å². The minimum absolute atomic E-state index is 0.882. The maximum Gasteiger partial charge on any atom is 0.143 e. The van der Waals surface area contributed by atoms with Gasteiger partial charge in [-0.05, 0) is 116 Å². The van der Waals surface area contributed by atoms with E-state index < -0.39 is 0 Å². The van der Waals surface area contributed by atoms with Crippen LogP contribution >= 0.6 is 0 Å². The predicted molar refractivity (Wildman–Crippen MR) is 299 cm³/mol. The van der Waals surface area contributed by atoms with Gasteiger partial charge in [-0.3, -0.25) is 0 Å². The highest BCUT2D eigenvalue weighted by Gasteiger charge is 2.22. The Balaban J connectivity index is 0.870. The Labute approximate surface area is 411 Å². The molecular weight excluding hydrogens is 861 g/mol. The maximum atomic E-state index is 6.95. The van der Waals surface area contributed by atoms with Crippen LogP contribution in [0.2, 0.25) is 0 Å². The van der Waals surface area contributed by atoms with E-state index in [1.165, 1.54) is 54.7 Å². The summed E-state index contributed by atoms with van der Waals surface area (Å²) >= 11 is 0. The summed E-state index contributed by atoms with van der Waals surface area (Å²) in [5.41, 5.74) is 17.7. The molecule has 0 N–H and O–H groups in total. The summed E-state index contributed by atoms with van der Waals surface area (Å²) in [4.78, 5) is 2.39. The molecule has 3 nitrogen and oxygen atoms in total. The van der Waals surface area contributed by atoms with Crippen LogP contribution in [0.5, 0.6) is 0 Å². The van der Waals surface area contributed by atoms with Gasteiger partial charge in [0.2, 0.25) is 0 Å². The number of para-hydroxylation sites is 4. The number of fused-ring (bicyclic) bond motifs is 9. The van der Waals surface area contributed by atoms with Crippen LogP contribution in [0.4, 0.5) is 17.1 Å². The third-order valence-corrected chi connectivity index (χ3v) is 14.4. The predicted octanol–water partition coefficient (Wildman–Crippen LogP) is 19.1. The molecule has 332 valence electrons. The summed E-state index contributed by atoms with van der Waals surface area (Å²) in [5, 5.41) is 9.52. The molecule has 0 aliphatic rings. The van der Waals surface area contributed by atoms with Crippen LogP contribution in [-0.4, -0.2) is 4.57 Å². The van der Waals surface area contributed by atoms with Gasteiger partial charge in [0.1, 0.15) is 11.2 Å². The lowest BCUT2D eigenvalue weighted by Gasteiger charge is -2.28. The highest BCUT2D eigenvalue weighted by molar-refractivity contribution is 6.18. The lowest BCUT2D eigenvalue weighted by Crippen LogP contribution is -2.11. The molecule has 0 atom stereocenters. The van der Waals surface area contributed by atoms with Crippen molar-refractivity contribution in [2.45, 2.75) is 0 Å². The van der Waals surface area contributed by atoms with Crippen LogP contribution < -0.4 is 4.90 Å². The Morgan fingerprint density at radius 1 is 0.282 bits per heavy atom. The third-order valence-electron chi connectivity index (χ3n) is 14.4. The van der Waals surface area contributed by atoms with Crippen LogP contribution in [0.3, 0.4) is 0 Å². The van der Waals surface area contributed by atoms with E-state index in [1.807, 2.05) is 0 Å². The summed E-state index contributed by atoms with van der Waals surface area (Å²) in [6.45, 7) is 0. The van der Waals surface area contributed by atoms with Gasteiger partial charge in [-0.1, -0.05) is 200 Å². The molecule has 2 aromatic heterocycles. The molecule has 0 fully saturated rings. The standard InChI is InChI=1S/C68H44N2O/c1-2-15-51-43-53(32-31-45(51)13-1)48-29-27-46(28-30-48)47-33-38-54(39-34-47)69(64-24-8-7-21-60(64)61-22-12-23-62-63-42-37-50-14-3-4-18-57(50)67(63)71-68(61)62)55-40-35-49(36-41-55)52-16-11-17-56(44-52)70-65-25-9-5-19-58(65)59-20-6-10-26-66(59)70/h1-44H. The van der Waals surface area contributed by atoms with Gasteiger partial charge >= 0.3 is 0 Å². The summed E-state index contributed by atoms with van der Waals surface area (Å²) < 4.78 is 9.33. The fraction of sp³-hybridized carbons (Fsp3) is 0. The molecule has 0 unspecified atom stereocenters. The minimum atomic E-state index is 0.882. The van der Waals surface area contributed by atoms with E-state index in [-0.39, 0.29) is 0 Å². The van der Waals surface area contributed by atoms with E-state index >= 15 is 0 Å². The topological polar surface area (TPSA) is 21.3 Å². The number of furan rings is 1. The van der Waals surface area contributed by atoms with Crippen LogP contribution in [0.15, 0.2) is 271 Å². The third kappa shape index (κ3) is 6.89. The largest absolute Gasteiger partial charge is 0.455 e. The number of rotatable bonds is 8. The highest BCUT2D eigenvalue weighted by atomic mass is 16.3. The normalized spacial score (nSPS) is 11.7. The zero-order valence-electron chi connectivity index (χ0n) is 38.7. The molecule has 2 heterocycles. The first-order valence-electron chi connectivity index (χ1n) is 24.3. The first-order valence-corrected chi connectivity index (χ1v) is 24.3. The molecule has 0 aliphatic carbocycles. The molecule has 12 aromatic carbocycles. The molecule has 0 radical (unpaired) electrons. The fourth-order valence-electron chi connectivity index (χ4n) is 10.9. The number of hydrogen-bond donors (Lipinski definition) is 0. The fourth-order valence-corrected chi connectivity index (χ4v) is 10.9. The number of hydrogen-bond acceptors (Lipinski definition) is 2. The van der Waals surface area contributed by atoms with Crippen molar-refractivity contribution in [3.8, 4) is 50.2 Å². The molecule has 0 spiro atoms. The average molecular weight is 905 g/mol. The van der Waals surface area contributed by atoms with Crippen LogP contribution in [0, 0.1) is 0 Å². The second-order valence-electron chi connectivity index (χ2n) is 18.5. The smallest absolute Gasteiger partial charge is 0.143 e. The van der Waals surface area contributed by atoms with Crippen molar-refractivity contribution in [1.82, 2.24) is 4.57 Å². The van der Waals surface area contributed by atoms with Crippen molar-refractivity contribution in [3.05, 3.63) is 267 Å². The van der Waals surface area contributed by atoms with Crippen molar-refractivity contribution in [3.63, 3.8) is 0 Å². The summed E-state index contributed by atoms with van der Waals surface area (Å²) in [7, 11) is 0. The molecule has 0 amide bonds. The lowest BCUT2D eigenvalue weighted by molar-refractivity contribution is 0.674. The molecule has 3 heteroatoms. The molecule has 0 bridgehead atoms. The first-order chi connectivity index (χ1) is 35.2. The SMILES string of the molecule is c1cc(-c2ccc(N(c3ccc(-c4ccc(-c5ccc6ccccc6c5)cc4)cc3)c3ccccc3-c3cccc4c3oc3c5ccccc5ccc43)cc2)cc(-n2c3ccccc3c3ccccc32)c1. The Bertz CT molecular complexity index is 4280. The van der Waals surface area contributed by atoms with E-state index in [2.05, 4.69) is 276 Å². The molecular formula is C68H44N2O. The van der Waals surface area contributed by atoms with Crippen LogP contribution in [0.1, 0.15) is 0 Å². The second-order valence-corrected chi connectivity index (χ2v) is 18.5. The Hall–Kier alpha value is -9.44. The summed E-state index contributed by atoms with van der Waals surface area (Å²) in [6, 6.07) is 96.6. The van der Waals surface area contributed by atoms with E-state index in [9.17, 15) is 0 Å². The van der Waals surface area contributed by atoms with E-state index in [1.54, 1.807) is 0 Å². The second kappa shape index (κ2) is 16.7. The van der Waals surface area contributed by atoms with Gasteiger partial charge < -0.3 is 13.9 Å². The Morgan fingerprint density at radius 3 is 1.46 bits per heavy atom. The van der Waals surface area contributed by atoms with Gasteiger partial charge in [0.05, 0.1) is 16.7 Å². The Morgan fingerprint density at radius 2 is 0.761 bits per heavy atom. The average Bonchev–Trinajstić information content (AvgIpc) is 4.00. The van der Waals surface area contributed by atoms with Crippen LogP contribution in [0.25, 0.3) is 115 Å². The van der Waals surface area contributed by atoms with Crippen molar-refractivity contribution >= 4 is 82.4 Å². The monoisotopic (exact) mass is 904 g/mol. The highest BCUT2D eigenvalue weighted by Crippen LogP contribution is 2.46. The molecule has 0 aliphatic heterocycles. The van der Waals surface area contributed by atoms with Gasteiger partial charge in [0.25, 0.3) is 0 Å². The Kier molecular flexibility index (Phi) is 9.53.